The summed E-state index contributed by atoms with van der Waals surface area (Å²) in [6.45, 7) is -0.492. The average molecular weight is 172 g/mol. The number of carboxylic acid groups (broad SMARTS) is 1. The molecule has 6 heteroatoms. The third kappa shape index (κ3) is 5.65. The average Bonchev–Trinajstić information content (AvgIpc) is 1.80. The minimum Gasteiger partial charge on any atom is -0.479 e. The van der Waals surface area contributed by atoms with Gasteiger partial charge < -0.3 is 9.84 Å². The fraction of sp³-hybridized carbons (Fsp3) is 0.800. The first kappa shape index (κ1) is 10.2. The van der Waals surface area contributed by atoms with Gasteiger partial charge in [0.25, 0.3) is 0 Å². The van der Waals surface area contributed by atoms with E-state index in [4.69, 9.17) is 5.11 Å². The van der Waals surface area contributed by atoms with Crippen molar-refractivity contribution >= 4 is 5.97 Å². The molecular weight excluding hydrogens is 165 g/mol. The van der Waals surface area contributed by atoms with Crippen molar-refractivity contribution in [3.05, 3.63) is 0 Å². The van der Waals surface area contributed by atoms with Crippen LogP contribution in [0.3, 0.4) is 0 Å². The van der Waals surface area contributed by atoms with Gasteiger partial charge in [0.1, 0.15) is 6.61 Å². The summed E-state index contributed by atoms with van der Waals surface area (Å²) in [6.07, 6.45) is -5.89. The van der Waals surface area contributed by atoms with Gasteiger partial charge in [-0.3, -0.25) is 0 Å². The first-order chi connectivity index (χ1) is 4.83. The Morgan fingerprint density at radius 1 is 1.64 bits per heavy atom. The third-order valence-electron chi connectivity index (χ3n) is 0.845. The van der Waals surface area contributed by atoms with E-state index in [-0.39, 0.29) is 0 Å². The van der Waals surface area contributed by atoms with Gasteiger partial charge in [-0.15, -0.1) is 0 Å². The molecule has 0 aromatic carbocycles. The Labute approximate surface area is 60.8 Å². The van der Waals surface area contributed by atoms with Crippen LogP contribution in [0.4, 0.5) is 13.2 Å². The van der Waals surface area contributed by atoms with Crippen LogP contribution in [-0.4, -0.2) is 30.0 Å². The molecular formula is C5H7F3O3. The second kappa shape index (κ2) is 3.56. The van der Waals surface area contributed by atoms with Crippen LogP contribution in [0.5, 0.6) is 0 Å². The largest absolute Gasteiger partial charge is 0.479 e. The molecule has 3 nitrogen and oxygen atoms in total. The van der Waals surface area contributed by atoms with Crippen molar-refractivity contribution in [2.45, 2.75) is 19.2 Å². The summed E-state index contributed by atoms with van der Waals surface area (Å²) in [5.74, 6) is -1.41. The monoisotopic (exact) mass is 172 g/mol. The first-order valence-electron chi connectivity index (χ1n) is 2.74. The van der Waals surface area contributed by atoms with Crippen LogP contribution in [0.25, 0.3) is 0 Å². The molecule has 0 fully saturated rings. The fourth-order valence-corrected chi connectivity index (χ4v) is 0.291. The van der Waals surface area contributed by atoms with Crippen molar-refractivity contribution in [1.82, 2.24) is 0 Å². The Bertz CT molecular complexity index is 142. The van der Waals surface area contributed by atoms with Gasteiger partial charge in [0.2, 0.25) is 0 Å². The van der Waals surface area contributed by atoms with Crippen LogP contribution in [0.2, 0.25) is 0 Å². The van der Waals surface area contributed by atoms with Crippen LogP contribution in [-0.2, 0) is 9.53 Å². The van der Waals surface area contributed by atoms with Crippen LogP contribution in [0.1, 0.15) is 6.92 Å². The summed E-state index contributed by atoms with van der Waals surface area (Å²) in [7, 11) is 0. The molecule has 1 N–H and O–H groups in total. The van der Waals surface area contributed by atoms with Gasteiger partial charge in [-0.1, -0.05) is 0 Å². The molecule has 11 heavy (non-hydrogen) atoms. The summed E-state index contributed by atoms with van der Waals surface area (Å²) in [6, 6.07) is 0. The normalized spacial score (nSPS) is 14.5. The number of ether oxygens (including phenoxy) is 1. The molecule has 0 aliphatic heterocycles. The van der Waals surface area contributed by atoms with E-state index in [1.54, 1.807) is 0 Å². The van der Waals surface area contributed by atoms with Crippen LogP contribution < -0.4 is 0 Å². The molecule has 0 heterocycles. The maximum absolute atomic E-state index is 11.4. The summed E-state index contributed by atoms with van der Waals surface area (Å²) in [4.78, 5) is 9.92. The van der Waals surface area contributed by atoms with Gasteiger partial charge in [-0.05, 0) is 6.92 Å². The smallest absolute Gasteiger partial charge is 0.411 e. The second-order valence-corrected chi connectivity index (χ2v) is 1.91. The molecule has 0 radical (unpaired) electrons. The predicted molar refractivity (Wildman–Crippen MR) is 29.1 cm³/mol. The van der Waals surface area contributed by atoms with E-state index in [2.05, 4.69) is 4.74 Å². The molecule has 0 amide bonds. The van der Waals surface area contributed by atoms with Crippen LogP contribution in [0.15, 0.2) is 0 Å². The summed E-state index contributed by atoms with van der Waals surface area (Å²) >= 11 is 0. The molecule has 0 saturated carbocycles. The molecule has 0 aliphatic carbocycles. The van der Waals surface area contributed by atoms with Crippen molar-refractivity contribution in [2.24, 2.45) is 0 Å². The van der Waals surface area contributed by atoms with Gasteiger partial charge >= 0.3 is 12.1 Å². The predicted octanol–water partition coefficient (Wildman–Crippen LogP) is 1.04. The molecule has 0 rings (SSSR count). The lowest BCUT2D eigenvalue weighted by Crippen LogP contribution is -2.26. The van der Waals surface area contributed by atoms with Gasteiger partial charge in [0, 0.05) is 0 Å². The molecule has 66 valence electrons. The fourth-order valence-electron chi connectivity index (χ4n) is 0.291. The topological polar surface area (TPSA) is 46.5 Å². The molecule has 0 saturated heterocycles. The zero-order valence-electron chi connectivity index (χ0n) is 5.68. The molecule has 0 aromatic heterocycles. The SMILES string of the molecule is C[C@H](OCC(F)(F)F)C(=O)O. The molecule has 0 spiro atoms. The molecule has 0 aliphatic rings. The third-order valence-corrected chi connectivity index (χ3v) is 0.845. The highest BCUT2D eigenvalue weighted by Crippen LogP contribution is 2.15. The Morgan fingerprint density at radius 2 is 2.09 bits per heavy atom. The maximum Gasteiger partial charge on any atom is 0.411 e. The lowest BCUT2D eigenvalue weighted by molar-refractivity contribution is -0.190. The van der Waals surface area contributed by atoms with E-state index >= 15 is 0 Å². The first-order valence-corrected chi connectivity index (χ1v) is 2.74. The Kier molecular flexibility index (Phi) is 3.31. The Morgan fingerprint density at radius 3 is 2.36 bits per heavy atom. The van der Waals surface area contributed by atoms with E-state index in [1.165, 1.54) is 0 Å². The number of hydrogen-bond donors (Lipinski definition) is 1. The van der Waals surface area contributed by atoms with E-state index in [1.807, 2.05) is 0 Å². The summed E-state index contributed by atoms with van der Waals surface area (Å²) in [5.41, 5.74) is 0. The molecule has 1 atom stereocenters. The van der Waals surface area contributed by atoms with Gasteiger partial charge in [-0.2, -0.15) is 13.2 Å². The molecule has 0 unspecified atom stereocenters. The number of hydrogen-bond acceptors (Lipinski definition) is 2. The second-order valence-electron chi connectivity index (χ2n) is 1.91. The van der Waals surface area contributed by atoms with Gasteiger partial charge in [0.15, 0.2) is 6.10 Å². The minimum atomic E-state index is -4.47. The van der Waals surface area contributed by atoms with Gasteiger partial charge in [0.05, 0.1) is 0 Å². The van der Waals surface area contributed by atoms with Crippen molar-refractivity contribution in [3.8, 4) is 0 Å². The van der Waals surface area contributed by atoms with E-state index < -0.39 is 24.9 Å². The number of halogens is 3. The van der Waals surface area contributed by atoms with E-state index in [0.717, 1.165) is 6.92 Å². The zero-order chi connectivity index (χ0) is 9.07. The van der Waals surface area contributed by atoms with Crippen LogP contribution in [0, 0.1) is 0 Å². The zero-order valence-corrected chi connectivity index (χ0v) is 5.68. The van der Waals surface area contributed by atoms with Crippen molar-refractivity contribution < 1.29 is 27.8 Å². The van der Waals surface area contributed by atoms with Crippen molar-refractivity contribution in [1.29, 1.82) is 0 Å². The number of rotatable bonds is 3. The quantitative estimate of drug-likeness (QED) is 0.691. The van der Waals surface area contributed by atoms with Gasteiger partial charge in [-0.25, -0.2) is 4.79 Å². The number of aliphatic carboxylic acids is 1. The number of alkyl halides is 3. The molecule has 0 bridgehead atoms. The van der Waals surface area contributed by atoms with Crippen molar-refractivity contribution in [3.63, 3.8) is 0 Å². The lowest BCUT2D eigenvalue weighted by atomic mass is 10.4. The maximum atomic E-state index is 11.4. The van der Waals surface area contributed by atoms with Crippen LogP contribution >= 0.6 is 0 Å². The highest BCUT2D eigenvalue weighted by Gasteiger charge is 2.29. The standard InChI is InChI=1S/C5H7F3O3/c1-3(4(9)10)11-2-5(6,7)8/h3H,2H2,1H3,(H,9,10)/t3-/m0/s1. The minimum absolute atomic E-state index is 1.04. The highest BCUT2D eigenvalue weighted by atomic mass is 19.4. The number of carboxylic acids is 1. The Balaban J connectivity index is 3.63. The van der Waals surface area contributed by atoms with E-state index in [9.17, 15) is 18.0 Å². The summed E-state index contributed by atoms with van der Waals surface area (Å²) in [5, 5.41) is 8.09. The highest BCUT2D eigenvalue weighted by molar-refractivity contribution is 5.71. The van der Waals surface area contributed by atoms with E-state index in [0.29, 0.717) is 0 Å². The lowest BCUT2D eigenvalue weighted by Gasteiger charge is -2.09. The molecule has 0 aromatic rings. The Hall–Kier alpha value is -0.780. The van der Waals surface area contributed by atoms with Crippen molar-refractivity contribution in [2.75, 3.05) is 6.61 Å². The summed E-state index contributed by atoms with van der Waals surface area (Å²) < 4.78 is 38.0. The number of carbonyl (C=O) groups is 1.